The van der Waals surface area contributed by atoms with Gasteiger partial charge in [0, 0.05) is 11.1 Å². The maximum atomic E-state index is 11.0. The predicted octanol–water partition coefficient (Wildman–Crippen LogP) is 2.95. The van der Waals surface area contributed by atoms with Crippen molar-refractivity contribution in [3.05, 3.63) is 22.7 Å². The highest BCUT2D eigenvalue weighted by Crippen LogP contribution is 2.34. The summed E-state index contributed by atoms with van der Waals surface area (Å²) in [5, 5.41) is 10.3. The molecule has 0 radical (unpaired) electrons. The fourth-order valence-corrected chi connectivity index (χ4v) is 1.61. The molecule has 0 fully saturated rings. The van der Waals surface area contributed by atoms with Crippen LogP contribution < -0.4 is 9.47 Å². The van der Waals surface area contributed by atoms with Crippen molar-refractivity contribution in [2.24, 2.45) is 5.41 Å². The normalized spacial score (nSPS) is 12.9. The van der Waals surface area contributed by atoms with Crippen LogP contribution >= 0.6 is 11.6 Å². The van der Waals surface area contributed by atoms with Crippen LogP contribution in [0.2, 0.25) is 5.02 Å². The molecule has 1 N–H and O–H groups in total. The average molecular weight is 287 g/mol. The standard InChI is InChI=1S/C14H19ClO4/c1-14(2,3)12(17)8-19-13-9(7-16)5-10(15)6-11(13)18-4/h5-7,12,17H,8H2,1-4H3. The summed E-state index contributed by atoms with van der Waals surface area (Å²) in [6.45, 7) is 5.78. The van der Waals surface area contributed by atoms with Gasteiger partial charge in [-0.05, 0) is 11.5 Å². The van der Waals surface area contributed by atoms with Crippen LogP contribution in [-0.2, 0) is 0 Å². The van der Waals surface area contributed by atoms with E-state index >= 15 is 0 Å². The summed E-state index contributed by atoms with van der Waals surface area (Å²) in [7, 11) is 1.47. The van der Waals surface area contributed by atoms with Crippen LogP contribution in [0.4, 0.5) is 0 Å². The van der Waals surface area contributed by atoms with Gasteiger partial charge in [-0.25, -0.2) is 0 Å². The molecule has 19 heavy (non-hydrogen) atoms. The number of carbonyl (C=O) groups excluding carboxylic acids is 1. The number of ether oxygens (including phenoxy) is 2. The van der Waals surface area contributed by atoms with Gasteiger partial charge >= 0.3 is 0 Å². The Labute approximate surface area is 118 Å². The number of aliphatic hydroxyl groups is 1. The van der Waals surface area contributed by atoms with Gasteiger partial charge in [-0.15, -0.1) is 0 Å². The number of hydrogen-bond acceptors (Lipinski definition) is 4. The lowest BCUT2D eigenvalue weighted by molar-refractivity contribution is 0.0209. The summed E-state index contributed by atoms with van der Waals surface area (Å²) in [6, 6.07) is 3.06. The Hall–Kier alpha value is -1.26. The molecular weight excluding hydrogens is 268 g/mol. The monoisotopic (exact) mass is 286 g/mol. The molecule has 0 heterocycles. The van der Waals surface area contributed by atoms with E-state index in [9.17, 15) is 9.90 Å². The van der Waals surface area contributed by atoms with Gasteiger partial charge in [0.1, 0.15) is 6.61 Å². The molecular formula is C14H19ClO4. The van der Waals surface area contributed by atoms with Crippen LogP contribution in [-0.4, -0.2) is 31.2 Å². The maximum Gasteiger partial charge on any atom is 0.171 e. The molecule has 1 unspecified atom stereocenters. The molecule has 0 aliphatic heterocycles. The minimum Gasteiger partial charge on any atom is -0.493 e. The predicted molar refractivity (Wildman–Crippen MR) is 74.3 cm³/mol. The molecule has 0 amide bonds. The largest absolute Gasteiger partial charge is 0.493 e. The zero-order valence-corrected chi connectivity index (χ0v) is 12.3. The van der Waals surface area contributed by atoms with Crippen molar-refractivity contribution < 1.29 is 19.4 Å². The summed E-state index contributed by atoms with van der Waals surface area (Å²) in [5.41, 5.74) is -0.00784. The van der Waals surface area contributed by atoms with Crippen molar-refractivity contribution in [2.45, 2.75) is 26.9 Å². The maximum absolute atomic E-state index is 11.0. The third-order valence-corrected chi connectivity index (χ3v) is 3.00. The SMILES string of the molecule is COc1cc(Cl)cc(C=O)c1OCC(O)C(C)(C)C. The number of aldehydes is 1. The second kappa shape index (κ2) is 6.26. The summed E-state index contributed by atoms with van der Waals surface area (Å²) < 4.78 is 10.7. The van der Waals surface area contributed by atoms with Crippen molar-refractivity contribution in [3.63, 3.8) is 0 Å². The quantitative estimate of drug-likeness (QED) is 0.846. The number of benzene rings is 1. The molecule has 0 aromatic heterocycles. The topological polar surface area (TPSA) is 55.8 Å². The summed E-state index contributed by atoms with van der Waals surface area (Å²) in [6.07, 6.45) is -0.0138. The number of hydrogen-bond donors (Lipinski definition) is 1. The molecule has 0 aliphatic carbocycles. The van der Waals surface area contributed by atoms with Gasteiger partial charge in [0.05, 0.1) is 18.8 Å². The van der Waals surface area contributed by atoms with Gasteiger partial charge in [-0.1, -0.05) is 32.4 Å². The van der Waals surface area contributed by atoms with Crippen molar-refractivity contribution in [1.29, 1.82) is 0 Å². The van der Waals surface area contributed by atoms with E-state index in [0.29, 0.717) is 28.4 Å². The number of halogens is 1. The second-order valence-electron chi connectivity index (χ2n) is 5.34. The van der Waals surface area contributed by atoms with E-state index in [0.717, 1.165) is 0 Å². The summed E-state index contributed by atoms with van der Waals surface area (Å²) in [4.78, 5) is 11.0. The Morgan fingerprint density at radius 3 is 2.53 bits per heavy atom. The molecule has 0 aliphatic rings. The molecule has 4 nitrogen and oxygen atoms in total. The van der Waals surface area contributed by atoms with E-state index in [-0.39, 0.29) is 12.0 Å². The number of methoxy groups -OCH3 is 1. The van der Waals surface area contributed by atoms with Gasteiger partial charge in [0.15, 0.2) is 17.8 Å². The van der Waals surface area contributed by atoms with Crippen LogP contribution in [0.5, 0.6) is 11.5 Å². The second-order valence-corrected chi connectivity index (χ2v) is 5.77. The van der Waals surface area contributed by atoms with Gasteiger partial charge in [0.25, 0.3) is 0 Å². The van der Waals surface area contributed by atoms with Gasteiger partial charge < -0.3 is 14.6 Å². The van der Waals surface area contributed by atoms with E-state index in [1.807, 2.05) is 20.8 Å². The van der Waals surface area contributed by atoms with Crippen LogP contribution in [0.15, 0.2) is 12.1 Å². The first-order valence-electron chi connectivity index (χ1n) is 5.93. The Morgan fingerprint density at radius 1 is 1.42 bits per heavy atom. The van der Waals surface area contributed by atoms with Crippen LogP contribution in [0, 0.1) is 5.41 Å². The molecule has 1 atom stereocenters. The number of aliphatic hydroxyl groups excluding tert-OH is 1. The Morgan fingerprint density at radius 2 is 2.05 bits per heavy atom. The molecule has 1 aromatic carbocycles. The molecule has 0 saturated carbocycles. The highest BCUT2D eigenvalue weighted by Gasteiger charge is 2.24. The lowest BCUT2D eigenvalue weighted by Crippen LogP contribution is -2.32. The van der Waals surface area contributed by atoms with E-state index in [1.165, 1.54) is 13.2 Å². The molecule has 0 spiro atoms. The fourth-order valence-electron chi connectivity index (χ4n) is 1.39. The van der Waals surface area contributed by atoms with Crippen LogP contribution in [0.25, 0.3) is 0 Å². The first-order valence-corrected chi connectivity index (χ1v) is 6.31. The number of carbonyl (C=O) groups is 1. The summed E-state index contributed by atoms with van der Waals surface area (Å²) >= 11 is 5.87. The van der Waals surface area contributed by atoms with E-state index in [4.69, 9.17) is 21.1 Å². The minimum absolute atomic E-state index is 0.0718. The van der Waals surface area contributed by atoms with E-state index < -0.39 is 6.10 Å². The zero-order valence-electron chi connectivity index (χ0n) is 11.6. The first kappa shape index (κ1) is 15.8. The zero-order chi connectivity index (χ0) is 14.6. The van der Waals surface area contributed by atoms with Crippen molar-refractivity contribution in [2.75, 3.05) is 13.7 Å². The molecule has 5 heteroatoms. The summed E-state index contributed by atoms with van der Waals surface area (Å²) in [5.74, 6) is 0.668. The van der Waals surface area contributed by atoms with E-state index in [2.05, 4.69) is 0 Å². The highest BCUT2D eigenvalue weighted by molar-refractivity contribution is 6.31. The van der Waals surface area contributed by atoms with Gasteiger partial charge in [-0.3, -0.25) is 4.79 Å². The lowest BCUT2D eigenvalue weighted by Gasteiger charge is -2.26. The average Bonchev–Trinajstić information content (AvgIpc) is 2.34. The van der Waals surface area contributed by atoms with Gasteiger partial charge in [-0.2, -0.15) is 0 Å². The Balaban J connectivity index is 2.97. The van der Waals surface area contributed by atoms with E-state index in [1.54, 1.807) is 6.07 Å². The van der Waals surface area contributed by atoms with Gasteiger partial charge in [0.2, 0.25) is 0 Å². The molecule has 0 saturated heterocycles. The Bertz CT molecular complexity index is 451. The molecule has 1 rings (SSSR count). The smallest absolute Gasteiger partial charge is 0.171 e. The third kappa shape index (κ3) is 4.11. The van der Waals surface area contributed by atoms with Crippen LogP contribution in [0.3, 0.4) is 0 Å². The van der Waals surface area contributed by atoms with Crippen molar-refractivity contribution in [1.82, 2.24) is 0 Å². The molecule has 106 valence electrons. The van der Waals surface area contributed by atoms with Crippen LogP contribution in [0.1, 0.15) is 31.1 Å². The lowest BCUT2D eigenvalue weighted by atomic mass is 9.90. The minimum atomic E-state index is -0.660. The first-order chi connectivity index (χ1) is 8.79. The molecule has 0 bridgehead atoms. The number of rotatable bonds is 5. The molecule has 1 aromatic rings. The third-order valence-electron chi connectivity index (χ3n) is 2.78. The van der Waals surface area contributed by atoms with Crippen molar-refractivity contribution >= 4 is 17.9 Å². The Kier molecular flexibility index (Phi) is 5.20. The fraction of sp³-hybridized carbons (Fsp3) is 0.500. The highest BCUT2D eigenvalue weighted by atomic mass is 35.5. The van der Waals surface area contributed by atoms with Crippen molar-refractivity contribution in [3.8, 4) is 11.5 Å².